The summed E-state index contributed by atoms with van der Waals surface area (Å²) in [6.07, 6.45) is 2.45. The summed E-state index contributed by atoms with van der Waals surface area (Å²) in [7, 11) is 1.58. The van der Waals surface area contributed by atoms with E-state index in [0.29, 0.717) is 29.9 Å². The van der Waals surface area contributed by atoms with E-state index in [1.54, 1.807) is 19.2 Å². The van der Waals surface area contributed by atoms with Crippen molar-refractivity contribution in [3.05, 3.63) is 95.2 Å². The minimum atomic E-state index is -0.703. The van der Waals surface area contributed by atoms with Gasteiger partial charge in [0.15, 0.2) is 0 Å². The van der Waals surface area contributed by atoms with Gasteiger partial charge in [0, 0.05) is 23.4 Å². The van der Waals surface area contributed by atoms with Crippen molar-refractivity contribution in [3.63, 3.8) is 0 Å². The molecule has 0 spiro atoms. The van der Waals surface area contributed by atoms with E-state index in [-0.39, 0.29) is 18.0 Å². The van der Waals surface area contributed by atoms with Gasteiger partial charge in [0.1, 0.15) is 23.1 Å². The molecule has 8 heteroatoms. The highest BCUT2D eigenvalue weighted by atomic mass is 19.1. The first-order valence-electron chi connectivity index (χ1n) is 13.1. The summed E-state index contributed by atoms with van der Waals surface area (Å²) >= 11 is 0. The zero-order valence-electron chi connectivity index (χ0n) is 21.9. The van der Waals surface area contributed by atoms with Crippen LogP contribution in [0.2, 0.25) is 0 Å². The van der Waals surface area contributed by atoms with Gasteiger partial charge in [-0.15, -0.1) is 0 Å². The monoisotopic (exact) mass is 529 g/mol. The molecule has 0 bridgehead atoms. The third-order valence-electron chi connectivity index (χ3n) is 7.58. The van der Waals surface area contributed by atoms with Crippen molar-refractivity contribution < 1.29 is 23.0 Å². The van der Waals surface area contributed by atoms with Crippen molar-refractivity contribution in [1.29, 1.82) is 0 Å². The lowest BCUT2D eigenvalue weighted by atomic mass is 9.95. The average Bonchev–Trinajstić information content (AvgIpc) is 3.73. The Bertz CT molecular complexity index is 1490. The molecule has 1 fully saturated rings. The number of rotatable bonds is 8. The highest BCUT2D eigenvalue weighted by molar-refractivity contribution is 5.98. The van der Waals surface area contributed by atoms with Crippen LogP contribution in [0.1, 0.15) is 35.6 Å². The molecule has 1 aromatic heterocycles. The summed E-state index contributed by atoms with van der Waals surface area (Å²) in [4.78, 5) is 20.1. The van der Waals surface area contributed by atoms with Crippen LogP contribution in [0.5, 0.6) is 11.5 Å². The van der Waals surface area contributed by atoms with Gasteiger partial charge in [0.2, 0.25) is 11.9 Å². The van der Waals surface area contributed by atoms with Gasteiger partial charge >= 0.3 is 0 Å². The Labute approximate surface area is 225 Å². The van der Waals surface area contributed by atoms with Crippen molar-refractivity contribution in [2.24, 2.45) is 5.92 Å². The van der Waals surface area contributed by atoms with E-state index in [0.717, 1.165) is 29.2 Å². The van der Waals surface area contributed by atoms with Crippen LogP contribution in [0.25, 0.3) is 11.3 Å². The highest BCUT2D eigenvalue weighted by Gasteiger charge is 2.38. The van der Waals surface area contributed by atoms with Crippen molar-refractivity contribution in [2.45, 2.75) is 38.8 Å². The molecule has 1 aliphatic carbocycles. The SMILES string of the molecule is COc1ccc(C2Cn3c(nc(-c4ccc(OCC5CC5)cc4)c3C)N(Cc3c(F)cccc3F)C2=O)cc1. The maximum absolute atomic E-state index is 14.7. The number of aromatic nitrogens is 2. The Hall–Kier alpha value is -4.20. The van der Waals surface area contributed by atoms with E-state index in [4.69, 9.17) is 14.5 Å². The van der Waals surface area contributed by atoms with E-state index < -0.39 is 17.6 Å². The van der Waals surface area contributed by atoms with Crippen LogP contribution in [0.4, 0.5) is 14.7 Å². The second-order valence-corrected chi connectivity index (χ2v) is 10.2. The molecule has 1 saturated carbocycles. The maximum atomic E-state index is 14.7. The van der Waals surface area contributed by atoms with E-state index in [9.17, 15) is 13.6 Å². The number of hydrogen-bond acceptors (Lipinski definition) is 4. The van der Waals surface area contributed by atoms with E-state index in [1.165, 1.54) is 35.9 Å². The lowest BCUT2D eigenvalue weighted by Crippen LogP contribution is -2.43. The largest absolute Gasteiger partial charge is 0.497 e. The summed E-state index contributed by atoms with van der Waals surface area (Å²) in [6, 6.07) is 18.8. The van der Waals surface area contributed by atoms with Crippen molar-refractivity contribution in [2.75, 3.05) is 18.6 Å². The van der Waals surface area contributed by atoms with Crippen LogP contribution in [0, 0.1) is 24.5 Å². The predicted molar refractivity (Wildman–Crippen MR) is 144 cm³/mol. The second kappa shape index (κ2) is 10.2. The van der Waals surface area contributed by atoms with Gasteiger partial charge in [0.05, 0.1) is 31.9 Å². The van der Waals surface area contributed by atoms with Gasteiger partial charge in [-0.3, -0.25) is 9.69 Å². The fourth-order valence-electron chi connectivity index (χ4n) is 5.05. The molecule has 2 heterocycles. The van der Waals surface area contributed by atoms with Gasteiger partial charge in [-0.2, -0.15) is 0 Å². The van der Waals surface area contributed by atoms with E-state index in [1.807, 2.05) is 47.9 Å². The smallest absolute Gasteiger partial charge is 0.238 e. The Kier molecular flexibility index (Phi) is 6.54. The molecule has 6 rings (SSSR count). The Morgan fingerprint density at radius 2 is 1.62 bits per heavy atom. The van der Waals surface area contributed by atoms with Crippen LogP contribution in [0.3, 0.4) is 0 Å². The number of imidazole rings is 1. The summed E-state index contributed by atoms with van der Waals surface area (Å²) < 4.78 is 42.5. The van der Waals surface area contributed by atoms with Gasteiger partial charge in [-0.25, -0.2) is 13.8 Å². The molecule has 1 atom stereocenters. The molecule has 0 N–H and O–H groups in total. The number of ether oxygens (including phenoxy) is 2. The second-order valence-electron chi connectivity index (χ2n) is 10.2. The van der Waals surface area contributed by atoms with Crippen molar-refractivity contribution in [3.8, 4) is 22.8 Å². The van der Waals surface area contributed by atoms with Gasteiger partial charge in [-0.1, -0.05) is 18.2 Å². The zero-order valence-corrected chi connectivity index (χ0v) is 21.9. The van der Waals surface area contributed by atoms with Crippen LogP contribution in [0.15, 0.2) is 66.7 Å². The molecule has 0 radical (unpaired) electrons. The van der Waals surface area contributed by atoms with Crippen LogP contribution in [-0.4, -0.2) is 29.2 Å². The normalized spacial score (nSPS) is 16.8. The van der Waals surface area contributed by atoms with E-state index in [2.05, 4.69) is 0 Å². The molecule has 1 amide bonds. The summed E-state index contributed by atoms with van der Waals surface area (Å²) in [5, 5.41) is 0. The molecule has 1 unspecified atom stereocenters. The lowest BCUT2D eigenvalue weighted by Gasteiger charge is -2.33. The fraction of sp³-hybridized carbons (Fsp3) is 0.290. The first-order chi connectivity index (χ1) is 18.9. The summed E-state index contributed by atoms with van der Waals surface area (Å²) in [6.45, 7) is 2.77. The number of anilines is 1. The molecule has 200 valence electrons. The zero-order chi connectivity index (χ0) is 27.1. The molecule has 3 aromatic carbocycles. The number of fused-ring (bicyclic) bond motifs is 1. The number of methoxy groups -OCH3 is 1. The molecule has 39 heavy (non-hydrogen) atoms. The molecule has 4 aromatic rings. The third-order valence-corrected chi connectivity index (χ3v) is 7.58. The van der Waals surface area contributed by atoms with Gasteiger partial charge in [0.25, 0.3) is 0 Å². The highest BCUT2D eigenvalue weighted by Crippen LogP contribution is 2.38. The molecular weight excluding hydrogens is 500 g/mol. The van der Waals surface area contributed by atoms with Gasteiger partial charge < -0.3 is 14.0 Å². The number of amides is 1. The molecule has 1 aliphatic heterocycles. The maximum Gasteiger partial charge on any atom is 0.238 e. The first-order valence-corrected chi connectivity index (χ1v) is 13.1. The first kappa shape index (κ1) is 25.1. The lowest BCUT2D eigenvalue weighted by molar-refractivity contribution is -0.121. The molecule has 6 nitrogen and oxygen atoms in total. The average molecular weight is 530 g/mol. The van der Waals surface area contributed by atoms with Crippen LogP contribution < -0.4 is 14.4 Å². The quantitative estimate of drug-likeness (QED) is 0.270. The van der Waals surface area contributed by atoms with Crippen molar-refractivity contribution in [1.82, 2.24) is 9.55 Å². The van der Waals surface area contributed by atoms with Crippen LogP contribution >= 0.6 is 0 Å². The minimum Gasteiger partial charge on any atom is -0.497 e. The van der Waals surface area contributed by atoms with Crippen LogP contribution in [-0.2, 0) is 17.9 Å². The standard InChI is InChI=1S/C31H29F2N3O3/c1-19-29(22-10-14-24(15-11-22)39-18-20-6-7-20)34-31-35(19)16-25(21-8-12-23(38-2)13-9-21)30(37)36(31)17-26-27(32)4-3-5-28(26)33/h3-5,8-15,20,25H,6-7,16-18H2,1-2H3. The predicted octanol–water partition coefficient (Wildman–Crippen LogP) is 6.26. The fourth-order valence-corrected chi connectivity index (χ4v) is 5.05. The Morgan fingerprint density at radius 3 is 2.26 bits per heavy atom. The van der Waals surface area contributed by atoms with Gasteiger partial charge in [-0.05, 0) is 79.8 Å². The summed E-state index contributed by atoms with van der Waals surface area (Å²) in [5.74, 6) is 0.282. The topological polar surface area (TPSA) is 56.6 Å². The Morgan fingerprint density at radius 1 is 0.949 bits per heavy atom. The minimum absolute atomic E-state index is 0.174. The third kappa shape index (κ3) is 4.87. The summed E-state index contributed by atoms with van der Waals surface area (Å²) in [5.41, 5.74) is 3.06. The molecule has 0 saturated heterocycles. The number of halogens is 2. The number of carbonyl (C=O) groups is 1. The number of hydrogen-bond donors (Lipinski definition) is 0. The Balaban J connectivity index is 1.38. The van der Waals surface area contributed by atoms with E-state index >= 15 is 0 Å². The molecular formula is C31H29F2N3O3. The number of carbonyl (C=O) groups excluding carboxylic acids is 1. The number of benzene rings is 3. The molecule has 2 aliphatic rings. The van der Waals surface area contributed by atoms with Crippen molar-refractivity contribution >= 4 is 11.9 Å². The number of nitrogens with zero attached hydrogens (tertiary/aromatic N) is 3.